The van der Waals surface area contributed by atoms with Crippen LogP contribution in [0.1, 0.15) is 16.2 Å². The van der Waals surface area contributed by atoms with Gasteiger partial charge in [-0.1, -0.05) is 11.6 Å². The van der Waals surface area contributed by atoms with Gasteiger partial charge in [0.25, 0.3) is 5.69 Å². The van der Waals surface area contributed by atoms with Gasteiger partial charge < -0.3 is 14.9 Å². The first-order chi connectivity index (χ1) is 11.1. The van der Waals surface area contributed by atoms with Gasteiger partial charge in [-0.05, 0) is 42.5 Å². The van der Waals surface area contributed by atoms with E-state index in [1.165, 1.54) is 12.3 Å². The lowest BCUT2D eigenvalue weighted by atomic mass is 10.2. The molecule has 0 saturated carbocycles. The minimum Gasteiger partial charge on any atom is -0.618 e. The topological polar surface area (TPSA) is 69.2 Å². The summed E-state index contributed by atoms with van der Waals surface area (Å²) in [6.45, 7) is 0.196. The number of nitrogens with zero attached hydrogens (tertiary/aromatic N) is 1. The molecule has 6 heteroatoms. The Labute approximate surface area is 137 Å². The maximum atomic E-state index is 12.0. The number of carbonyl (C=O) groups is 1. The minimum atomic E-state index is -0.454. The second-order valence-corrected chi connectivity index (χ2v) is 5.30. The summed E-state index contributed by atoms with van der Waals surface area (Å²) in [6, 6.07) is 15.5. The van der Waals surface area contributed by atoms with E-state index < -0.39 is 5.91 Å². The molecular weight excluding hydrogens is 316 g/mol. The Hall–Kier alpha value is -2.79. The molecule has 2 aromatic heterocycles. The molecule has 1 N–H and O–H groups in total. The van der Waals surface area contributed by atoms with Gasteiger partial charge in [0.05, 0.1) is 6.54 Å². The zero-order valence-corrected chi connectivity index (χ0v) is 12.8. The number of nitrogens with one attached hydrogen (secondary N) is 1. The van der Waals surface area contributed by atoms with Crippen LogP contribution in [0.25, 0.3) is 11.3 Å². The van der Waals surface area contributed by atoms with E-state index in [2.05, 4.69) is 5.32 Å². The SMILES string of the molecule is O=C(NCc1ccc(-c2ccc(Cl)cc2)o1)c1cccc[n+]1[O-]. The van der Waals surface area contributed by atoms with Crippen LogP contribution in [0, 0.1) is 5.21 Å². The standard InChI is InChI=1S/C17H13ClN2O3/c18-13-6-4-12(5-7-13)16-9-8-14(23-16)11-19-17(21)15-3-1-2-10-20(15)22/h1-10H,11H2,(H,19,21). The van der Waals surface area contributed by atoms with Crippen LogP contribution in [-0.4, -0.2) is 5.91 Å². The Morgan fingerprint density at radius 2 is 1.91 bits per heavy atom. The van der Waals surface area contributed by atoms with Crippen LogP contribution >= 0.6 is 11.6 Å². The highest BCUT2D eigenvalue weighted by molar-refractivity contribution is 6.30. The number of benzene rings is 1. The maximum Gasteiger partial charge on any atom is 0.317 e. The Bertz CT molecular complexity index is 828. The Morgan fingerprint density at radius 1 is 1.13 bits per heavy atom. The van der Waals surface area contributed by atoms with Crippen LogP contribution in [0.15, 0.2) is 65.2 Å². The van der Waals surface area contributed by atoms with Crippen molar-refractivity contribution in [1.29, 1.82) is 0 Å². The zero-order valence-electron chi connectivity index (χ0n) is 12.0. The number of rotatable bonds is 4. The number of aromatic nitrogens is 1. The van der Waals surface area contributed by atoms with Crippen LogP contribution in [0.4, 0.5) is 0 Å². The van der Waals surface area contributed by atoms with Crippen molar-refractivity contribution >= 4 is 17.5 Å². The van der Waals surface area contributed by atoms with E-state index in [0.29, 0.717) is 21.3 Å². The number of hydrogen-bond acceptors (Lipinski definition) is 3. The van der Waals surface area contributed by atoms with Crippen LogP contribution in [0.2, 0.25) is 5.02 Å². The van der Waals surface area contributed by atoms with Crippen molar-refractivity contribution in [2.45, 2.75) is 6.54 Å². The lowest BCUT2D eigenvalue weighted by Gasteiger charge is -2.04. The molecule has 0 saturated heterocycles. The van der Waals surface area contributed by atoms with Crippen LogP contribution in [0.3, 0.4) is 0 Å². The average molecular weight is 329 g/mol. The predicted octanol–water partition coefficient (Wildman–Crippen LogP) is 3.16. The molecule has 5 nitrogen and oxygen atoms in total. The van der Waals surface area contributed by atoms with E-state index in [1.807, 2.05) is 18.2 Å². The van der Waals surface area contributed by atoms with Crippen molar-refractivity contribution in [2.75, 3.05) is 0 Å². The summed E-state index contributed by atoms with van der Waals surface area (Å²) in [5, 5.41) is 14.8. The molecule has 3 rings (SSSR count). The average Bonchev–Trinajstić information content (AvgIpc) is 3.03. The normalized spacial score (nSPS) is 10.5. The van der Waals surface area contributed by atoms with Crippen molar-refractivity contribution < 1.29 is 13.9 Å². The monoisotopic (exact) mass is 328 g/mol. The van der Waals surface area contributed by atoms with E-state index in [1.54, 1.807) is 30.3 Å². The summed E-state index contributed by atoms with van der Waals surface area (Å²) in [7, 11) is 0. The fourth-order valence-electron chi connectivity index (χ4n) is 2.10. The molecule has 1 amide bonds. The summed E-state index contributed by atoms with van der Waals surface area (Å²) >= 11 is 5.85. The van der Waals surface area contributed by atoms with E-state index in [0.717, 1.165) is 5.56 Å². The third kappa shape index (κ3) is 3.52. The van der Waals surface area contributed by atoms with Gasteiger partial charge in [-0.3, -0.25) is 4.79 Å². The van der Waals surface area contributed by atoms with Crippen molar-refractivity contribution in [3.05, 3.63) is 82.5 Å². The first-order valence-electron chi connectivity index (χ1n) is 6.94. The minimum absolute atomic E-state index is 0.0389. The number of carbonyl (C=O) groups excluding carboxylic acids is 1. The highest BCUT2D eigenvalue weighted by atomic mass is 35.5. The number of amides is 1. The molecule has 0 unspecified atom stereocenters. The molecule has 0 aliphatic carbocycles. The van der Waals surface area contributed by atoms with Crippen LogP contribution in [-0.2, 0) is 6.54 Å². The Morgan fingerprint density at radius 3 is 2.65 bits per heavy atom. The van der Waals surface area contributed by atoms with Crippen LogP contribution < -0.4 is 10.0 Å². The van der Waals surface area contributed by atoms with Gasteiger partial charge in [-0.15, -0.1) is 0 Å². The third-order valence-corrected chi connectivity index (χ3v) is 3.52. The summed E-state index contributed by atoms with van der Waals surface area (Å²) in [6.07, 6.45) is 1.28. The van der Waals surface area contributed by atoms with Gasteiger partial charge in [0.2, 0.25) is 0 Å². The van der Waals surface area contributed by atoms with Gasteiger partial charge in [0.15, 0.2) is 6.20 Å². The number of halogens is 1. The number of hydrogen-bond donors (Lipinski definition) is 1. The molecule has 0 aliphatic rings. The fraction of sp³-hybridized carbons (Fsp3) is 0.0588. The summed E-state index contributed by atoms with van der Waals surface area (Å²) < 4.78 is 6.21. The van der Waals surface area contributed by atoms with E-state index in [-0.39, 0.29) is 12.2 Å². The lowest BCUT2D eigenvalue weighted by Crippen LogP contribution is -2.38. The second kappa shape index (κ2) is 6.54. The molecule has 116 valence electrons. The summed E-state index contributed by atoms with van der Waals surface area (Å²) in [5.41, 5.74) is 0.935. The second-order valence-electron chi connectivity index (χ2n) is 4.87. The predicted molar refractivity (Wildman–Crippen MR) is 85.7 cm³/mol. The third-order valence-electron chi connectivity index (χ3n) is 3.27. The molecule has 0 radical (unpaired) electrons. The molecule has 23 heavy (non-hydrogen) atoms. The van der Waals surface area contributed by atoms with Crippen molar-refractivity contribution in [1.82, 2.24) is 5.32 Å². The van der Waals surface area contributed by atoms with Gasteiger partial charge in [0, 0.05) is 22.7 Å². The van der Waals surface area contributed by atoms with Crippen LogP contribution in [0.5, 0.6) is 0 Å². The smallest absolute Gasteiger partial charge is 0.317 e. The van der Waals surface area contributed by atoms with Gasteiger partial charge in [-0.2, -0.15) is 4.73 Å². The number of furan rings is 1. The molecule has 0 spiro atoms. The fourth-order valence-corrected chi connectivity index (χ4v) is 2.23. The highest BCUT2D eigenvalue weighted by Crippen LogP contribution is 2.23. The summed E-state index contributed by atoms with van der Waals surface area (Å²) in [4.78, 5) is 12.0. The van der Waals surface area contributed by atoms with E-state index in [9.17, 15) is 10.0 Å². The first kappa shape index (κ1) is 15.1. The maximum absolute atomic E-state index is 12.0. The van der Waals surface area contributed by atoms with Crippen molar-refractivity contribution in [3.8, 4) is 11.3 Å². The lowest BCUT2D eigenvalue weighted by molar-refractivity contribution is -0.607. The molecule has 1 aromatic carbocycles. The molecule has 0 aliphatic heterocycles. The quantitative estimate of drug-likeness (QED) is 0.591. The summed E-state index contributed by atoms with van der Waals surface area (Å²) in [5.74, 6) is 0.825. The Kier molecular flexibility index (Phi) is 4.30. The molecule has 0 fully saturated rings. The molecular formula is C17H13ClN2O3. The van der Waals surface area contributed by atoms with Gasteiger partial charge in [0.1, 0.15) is 11.5 Å². The van der Waals surface area contributed by atoms with E-state index in [4.69, 9.17) is 16.0 Å². The molecule has 2 heterocycles. The Balaban J connectivity index is 1.67. The molecule has 3 aromatic rings. The zero-order chi connectivity index (χ0) is 16.2. The van der Waals surface area contributed by atoms with Crippen molar-refractivity contribution in [2.24, 2.45) is 0 Å². The molecule has 0 atom stereocenters. The van der Waals surface area contributed by atoms with Gasteiger partial charge >= 0.3 is 5.91 Å². The largest absolute Gasteiger partial charge is 0.618 e. The highest BCUT2D eigenvalue weighted by Gasteiger charge is 2.15. The van der Waals surface area contributed by atoms with E-state index >= 15 is 0 Å². The van der Waals surface area contributed by atoms with Crippen molar-refractivity contribution in [3.63, 3.8) is 0 Å². The number of pyridine rings is 1. The van der Waals surface area contributed by atoms with Gasteiger partial charge in [-0.25, -0.2) is 0 Å². The first-order valence-corrected chi connectivity index (χ1v) is 7.32. The molecule has 0 bridgehead atoms.